The minimum absolute atomic E-state index is 0.104. The van der Waals surface area contributed by atoms with Crippen molar-refractivity contribution in [1.82, 2.24) is 20.4 Å². The maximum atomic E-state index is 11.4. The molecule has 0 unspecified atom stereocenters. The molecule has 2 heterocycles. The van der Waals surface area contributed by atoms with Gasteiger partial charge < -0.3 is 20.4 Å². The number of nitrogens with zero attached hydrogens (tertiary/aromatic N) is 2. The van der Waals surface area contributed by atoms with E-state index in [-0.39, 0.29) is 6.03 Å². The van der Waals surface area contributed by atoms with Crippen LogP contribution in [-0.2, 0) is 0 Å². The first-order valence-corrected chi connectivity index (χ1v) is 6.78. The van der Waals surface area contributed by atoms with E-state index in [0.717, 1.165) is 45.8 Å². The molecule has 5 nitrogen and oxygen atoms in total. The summed E-state index contributed by atoms with van der Waals surface area (Å²) in [7, 11) is 0. The Labute approximate surface area is 104 Å². The Kier molecular flexibility index (Phi) is 4.62. The van der Waals surface area contributed by atoms with Crippen molar-refractivity contribution < 1.29 is 4.79 Å². The summed E-state index contributed by atoms with van der Waals surface area (Å²) in [5.41, 5.74) is 0. The molecule has 0 spiro atoms. The summed E-state index contributed by atoms with van der Waals surface area (Å²) in [6.45, 7) is 9.12. The first-order chi connectivity index (χ1) is 8.29. The lowest BCUT2D eigenvalue weighted by Gasteiger charge is -2.33. The van der Waals surface area contributed by atoms with E-state index in [2.05, 4.69) is 22.5 Å². The van der Waals surface area contributed by atoms with Crippen molar-refractivity contribution in [1.29, 1.82) is 0 Å². The van der Waals surface area contributed by atoms with E-state index in [0.29, 0.717) is 6.04 Å². The van der Waals surface area contributed by atoms with Crippen molar-refractivity contribution in [3.05, 3.63) is 0 Å². The number of carbonyl (C=O) groups excluding carboxylic acids is 1. The molecule has 5 heteroatoms. The minimum Gasteiger partial charge on any atom is -0.336 e. The zero-order chi connectivity index (χ0) is 12.1. The van der Waals surface area contributed by atoms with Crippen LogP contribution < -0.4 is 10.6 Å². The average molecular weight is 240 g/mol. The van der Waals surface area contributed by atoms with Crippen molar-refractivity contribution >= 4 is 6.03 Å². The van der Waals surface area contributed by atoms with E-state index >= 15 is 0 Å². The Bertz CT molecular complexity index is 251. The Morgan fingerprint density at radius 1 is 1.29 bits per heavy atom. The van der Waals surface area contributed by atoms with Crippen molar-refractivity contribution in [3.63, 3.8) is 0 Å². The summed E-state index contributed by atoms with van der Waals surface area (Å²) in [5.74, 6) is 0. The van der Waals surface area contributed by atoms with Crippen molar-refractivity contribution in [2.75, 3.05) is 45.8 Å². The van der Waals surface area contributed by atoms with Gasteiger partial charge in [-0.25, -0.2) is 4.79 Å². The third-order valence-corrected chi connectivity index (χ3v) is 3.71. The monoisotopic (exact) mass is 240 g/mol. The molecule has 0 aromatic heterocycles. The molecule has 2 amide bonds. The van der Waals surface area contributed by atoms with Gasteiger partial charge in [-0.05, 0) is 32.5 Å². The quantitative estimate of drug-likeness (QED) is 0.716. The van der Waals surface area contributed by atoms with Crippen LogP contribution in [0.4, 0.5) is 4.79 Å². The lowest BCUT2D eigenvalue weighted by molar-refractivity contribution is 0.174. The molecule has 2 fully saturated rings. The molecule has 2 N–H and O–H groups in total. The summed E-state index contributed by atoms with van der Waals surface area (Å²) < 4.78 is 0. The SMILES string of the molecule is CCNC1CCN(CCN2CCNC2=O)CC1. The van der Waals surface area contributed by atoms with Gasteiger partial charge in [0.1, 0.15) is 0 Å². The van der Waals surface area contributed by atoms with Crippen molar-refractivity contribution in [2.45, 2.75) is 25.8 Å². The van der Waals surface area contributed by atoms with Gasteiger partial charge in [0.2, 0.25) is 0 Å². The Morgan fingerprint density at radius 3 is 2.65 bits per heavy atom. The predicted octanol–water partition coefficient (Wildman–Crippen LogP) is 0.0855. The molecule has 17 heavy (non-hydrogen) atoms. The van der Waals surface area contributed by atoms with Crippen LogP contribution in [0.3, 0.4) is 0 Å². The summed E-state index contributed by atoms with van der Waals surface area (Å²) in [4.78, 5) is 15.8. The second kappa shape index (κ2) is 6.21. The fourth-order valence-corrected chi connectivity index (χ4v) is 2.64. The second-order valence-electron chi connectivity index (χ2n) is 4.89. The van der Waals surface area contributed by atoms with Gasteiger partial charge >= 0.3 is 6.03 Å². The average Bonchev–Trinajstić information content (AvgIpc) is 2.75. The van der Waals surface area contributed by atoms with Gasteiger partial charge in [0.25, 0.3) is 0 Å². The highest BCUT2D eigenvalue weighted by Crippen LogP contribution is 2.10. The largest absolute Gasteiger partial charge is 0.336 e. The molecule has 2 rings (SSSR count). The van der Waals surface area contributed by atoms with E-state index in [9.17, 15) is 4.79 Å². The van der Waals surface area contributed by atoms with E-state index in [1.807, 2.05) is 4.90 Å². The predicted molar refractivity (Wildman–Crippen MR) is 68.1 cm³/mol. The van der Waals surface area contributed by atoms with E-state index in [1.165, 1.54) is 12.8 Å². The van der Waals surface area contributed by atoms with Gasteiger partial charge in [-0.3, -0.25) is 0 Å². The standard InChI is InChI=1S/C12H24N4O/c1-2-13-11-3-6-15(7-4-11)9-10-16-8-5-14-12(16)17/h11,13H,2-10H2,1H3,(H,14,17). The number of amides is 2. The van der Waals surface area contributed by atoms with Gasteiger partial charge in [0.05, 0.1) is 0 Å². The van der Waals surface area contributed by atoms with Gasteiger partial charge in [-0.2, -0.15) is 0 Å². The normalized spacial score (nSPS) is 23.1. The number of rotatable bonds is 5. The zero-order valence-corrected chi connectivity index (χ0v) is 10.7. The molecular weight excluding hydrogens is 216 g/mol. The first-order valence-electron chi connectivity index (χ1n) is 6.78. The molecule has 0 atom stereocenters. The van der Waals surface area contributed by atoms with Crippen LogP contribution in [0.15, 0.2) is 0 Å². The van der Waals surface area contributed by atoms with Gasteiger partial charge in [0.15, 0.2) is 0 Å². The van der Waals surface area contributed by atoms with Gasteiger partial charge in [0, 0.05) is 32.2 Å². The number of nitrogens with one attached hydrogen (secondary N) is 2. The molecule has 2 aliphatic heterocycles. The molecule has 0 saturated carbocycles. The number of urea groups is 1. The first kappa shape index (κ1) is 12.6. The number of piperidine rings is 1. The lowest BCUT2D eigenvalue weighted by atomic mass is 10.1. The van der Waals surface area contributed by atoms with Crippen LogP contribution in [-0.4, -0.2) is 67.7 Å². The fraction of sp³-hybridized carbons (Fsp3) is 0.917. The highest BCUT2D eigenvalue weighted by Gasteiger charge is 2.22. The van der Waals surface area contributed by atoms with Crippen LogP contribution >= 0.6 is 0 Å². The van der Waals surface area contributed by atoms with Crippen LogP contribution in [0.2, 0.25) is 0 Å². The number of carbonyl (C=O) groups is 1. The summed E-state index contributed by atoms with van der Waals surface area (Å²) in [5, 5.41) is 6.35. The molecule has 0 aromatic rings. The molecule has 0 radical (unpaired) electrons. The van der Waals surface area contributed by atoms with Crippen LogP contribution in [0, 0.1) is 0 Å². The maximum Gasteiger partial charge on any atom is 0.317 e. The number of hydrogen-bond donors (Lipinski definition) is 2. The third kappa shape index (κ3) is 3.57. The van der Waals surface area contributed by atoms with E-state index in [1.54, 1.807) is 0 Å². The van der Waals surface area contributed by atoms with Gasteiger partial charge in [-0.1, -0.05) is 6.92 Å². The smallest absolute Gasteiger partial charge is 0.317 e. The number of likely N-dealkylation sites (tertiary alicyclic amines) is 1. The molecule has 0 bridgehead atoms. The lowest BCUT2D eigenvalue weighted by Crippen LogP contribution is -2.45. The second-order valence-corrected chi connectivity index (χ2v) is 4.89. The Morgan fingerprint density at radius 2 is 2.06 bits per heavy atom. The summed E-state index contributed by atoms with van der Waals surface area (Å²) in [6.07, 6.45) is 2.47. The van der Waals surface area contributed by atoms with E-state index in [4.69, 9.17) is 0 Å². The van der Waals surface area contributed by atoms with Crippen molar-refractivity contribution in [3.8, 4) is 0 Å². The Balaban J connectivity index is 1.63. The topological polar surface area (TPSA) is 47.6 Å². The molecule has 98 valence electrons. The molecule has 2 saturated heterocycles. The number of hydrogen-bond acceptors (Lipinski definition) is 3. The molecule has 2 aliphatic rings. The zero-order valence-electron chi connectivity index (χ0n) is 10.7. The van der Waals surface area contributed by atoms with E-state index < -0.39 is 0 Å². The third-order valence-electron chi connectivity index (χ3n) is 3.71. The highest BCUT2D eigenvalue weighted by molar-refractivity contribution is 5.76. The molecule has 0 aliphatic carbocycles. The van der Waals surface area contributed by atoms with Crippen LogP contribution in [0.5, 0.6) is 0 Å². The van der Waals surface area contributed by atoms with Crippen LogP contribution in [0.25, 0.3) is 0 Å². The maximum absolute atomic E-state index is 11.4. The summed E-state index contributed by atoms with van der Waals surface area (Å²) >= 11 is 0. The highest BCUT2D eigenvalue weighted by atomic mass is 16.2. The minimum atomic E-state index is 0.104. The van der Waals surface area contributed by atoms with Crippen LogP contribution in [0.1, 0.15) is 19.8 Å². The Hall–Kier alpha value is -0.810. The van der Waals surface area contributed by atoms with Crippen molar-refractivity contribution in [2.24, 2.45) is 0 Å². The molecular formula is C12H24N4O. The molecule has 0 aromatic carbocycles. The van der Waals surface area contributed by atoms with Gasteiger partial charge in [-0.15, -0.1) is 0 Å². The fourth-order valence-electron chi connectivity index (χ4n) is 2.64. The summed E-state index contributed by atoms with van der Waals surface area (Å²) in [6, 6.07) is 0.805.